The van der Waals surface area contributed by atoms with Crippen LogP contribution in [0.15, 0.2) is 34.9 Å². The van der Waals surface area contributed by atoms with Gasteiger partial charge in [0.15, 0.2) is 0 Å². The Labute approximate surface area is 157 Å². The van der Waals surface area contributed by atoms with Crippen molar-refractivity contribution in [3.05, 3.63) is 36.2 Å². The maximum Gasteiger partial charge on any atom is 0.258 e. The minimum Gasteiger partial charge on any atom is -0.366 e. The zero-order valence-electron chi connectivity index (χ0n) is 15.1. The predicted molar refractivity (Wildman–Crippen MR) is 96.1 cm³/mol. The zero-order chi connectivity index (χ0) is 18.7. The number of rotatable bonds is 3. The van der Waals surface area contributed by atoms with Crippen molar-refractivity contribution in [3.63, 3.8) is 0 Å². The van der Waals surface area contributed by atoms with Crippen molar-refractivity contribution in [3.8, 4) is 17.5 Å². The number of carbonyl (C=O) groups is 1. The van der Waals surface area contributed by atoms with Gasteiger partial charge in [-0.25, -0.2) is 0 Å². The van der Waals surface area contributed by atoms with E-state index in [-0.39, 0.29) is 5.91 Å². The van der Waals surface area contributed by atoms with E-state index in [1.165, 1.54) is 0 Å². The van der Waals surface area contributed by atoms with Crippen LogP contribution in [0.25, 0.3) is 11.5 Å². The molecule has 27 heavy (non-hydrogen) atoms. The van der Waals surface area contributed by atoms with Gasteiger partial charge < -0.3 is 14.2 Å². The fraction of sp³-hybridized carbons (Fsp3) is 0.500. The summed E-state index contributed by atoms with van der Waals surface area (Å²) in [5, 5.41) is 13.7. The van der Waals surface area contributed by atoms with Crippen LogP contribution in [0.5, 0.6) is 0 Å². The monoisotopic (exact) mass is 366 g/mol. The molecule has 2 aromatic rings. The topological polar surface area (TPSA) is 92.2 Å². The van der Waals surface area contributed by atoms with Gasteiger partial charge in [-0.05, 0) is 25.0 Å². The fourth-order valence-corrected chi connectivity index (χ4v) is 3.89. The number of hydrogen-bond donors (Lipinski definition) is 0. The molecule has 7 nitrogen and oxygen atoms in total. The highest BCUT2D eigenvalue weighted by Gasteiger charge is 2.44. The molecule has 1 aromatic heterocycles. The summed E-state index contributed by atoms with van der Waals surface area (Å²) in [7, 11) is 0. The van der Waals surface area contributed by atoms with Gasteiger partial charge in [-0.2, -0.15) is 10.2 Å². The Balaban J connectivity index is 1.49. The first kappa shape index (κ1) is 17.7. The number of carbonyl (C=O) groups excluding carboxylic acids is 1. The molecule has 140 valence electrons. The fourth-order valence-electron chi connectivity index (χ4n) is 3.89. The summed E-state index contributed by atoms with van der Waals surface area (Å²) in [6.45, 7) is 1.23. The van der Waals surface area contributed by atoms with Crippen LogP contribution in [0, 0.1) is 16.7 Å². The Hall–Kier alpha value is -2.72. The van der Waals surface area contributed by atoms with Gasteiger partial charge in [0.2, 0.25) is 11.7 Å². The van der Waals surface area contributed by atoms with Gasteiger partial charge >= 0.3 is 0 Å². The highest BCUT2D eigenvalue weighted by atomic mass is 16.5. The lowest BCUT2D eigenvalue weighted by atomic mass is 9.74. The Morgan fingerprint density at radius 3 is 2.74 bits per heavy atom. The van der Waals surface area contributed by atoms with Gasteiger partial charge in [-0.1, -0.05) is 42.6 Å². The number of benzene rings is 1. The van der Waals surface area contributed by atoms with E-state index in [1.54, 1.807) is 4.90 Å². The van der Waals surface area contributed by atoms with Crippen LogP contribution in [-0.4, -0.2) is 40.6 Å². The average molecular weight is 366 g/mol. The third-order valence-electron chi connectivity index (χ3n) is 5.43. The molecule has 0 spiro atoms. The predicted octanol–water partition coefficient (Wildman–Crippen LogP) is 3.11. The van der Waals surface area contributed by atoms with E-state index in [0.29, 0.717) is 44.3 Å². The lowest BCUT2D eigenvalue weighted by Gasteiger charge is -2.38. The summed E-state index contributed by atoms with van der Waals surface area (Å²) in [5.41, 5.74) is -0.0438. The van der Waals surface area contributed by atoms with Crippen molar-refractivity contribution in [2.75, 3.05) is 19.7 Å². The van der Waals surface area contributed by atoms with E-state index in [0.717, 1.165) is 24.8 Å². The lowest BCUT2D eigenvalue weighted by Crippen LogP contribution is -2.49. The van der Waals surface area contributed by atoms with E-state index in [9.17, 15) is 10.1 Å². The van der Waals surface area contributed by atoms with Crippen LogP contribution in [0.3, 0.4) is 0 Å². The van der Waals surface area contributed by atoms with Crippen LogP contribution >= 0.6 is 0 Å². The van der Waals surface area contributed by atoms with Crippen LogP contribution in [0.1, 0.15) is 44.0 Å². The van der Waals surface area contributed by atoms with Crippen LogP contribution in [-0.2, 0) is 9.53 Å². The molecule has 2 heterocycles. The molecule has 7 heteroatoms. The van der Waals surface area contributed by atoms with E-state index >= 15 is 0 Å². The molecule has 1 unspecified atom stereocenters. The van der Waals surface area contributed by atoms with E-state index in [1.807, 2.05) is 30.3 Å². The molecule has 1 aliphatic carbocycles. The molecule has 1 amide bonds. The maximum atomic E-state index is 13.1. The van der Waals surface area contributed by atoms with Gasteiger partial charge in [0.1, 0.15) is 11.5 Å². The Bertz CT molecular complexity index is 836. The SMILES string of the molecule is N#CC1(C(=O)N2CCOC(c3noc(-c4ccccc4)n3)C2)CCCCC1. The molecule has 1 aliphatic heterocycles. The number of hydrogen-bond acceptors (Lipinski definition) is 6. The quantitative estimate of drug-likeness (QED) is 0.829. The molecule has 1 aromatic carbocycles. The second kappa shape index (κ2) is 7.49. The summed E-state index contributed by atoms with van der Waals surface area (Å²) in [4.78, 5) is 19.3. The zero-order valence-corrected chi connectivity index (χ0v) is 15.1. The van der Waals surface area contributed by atoms with Crippen LogP contribution < -0.4 is 0 Å². The first-order valence-corrected chi connectivity index (χ1v) is 9.43. The average Bonchev–Trinajstić information content (AvgIpc) is 3.25. The maximum absolute atomic E-state index is 13.1. The minimum atomic E-state index is -0.882. The normalized spacial score (nSPS) is 22.2. The Morgan fingerprint density at radius 1 is 1.22 bits per heavy atom. The van der Waals surface area contributed by atoms with Crippen molar-refractivity contribution < 1.29 is 14.1 Å². The van der Waals surface area contributed by atoms with Gasteiger partial charge in [-0.3, -0.25) is 4.79 Å². The summed E-state index contributed by atoms with van der Waals surface area (Å²) in [6.07, 6.45) is 3.79. The molecule has 0 radical (unpaired) electrons. The largest absolute Gasteiger partial charge is 0.366 e. The smallest absolute Gasteiger partial charge is 0.258 e. The molecule has 4 rings (SSSR count). The molecule has 2 fully saturated rings. The van der Waals surface area contributed by atoms with Gasteiger partial charge in [0, 0.05) is 12.1 Å². The van der Waals surface area contributed by atoms with E-state index in [2.05, 4.69) is 16.2 Å². The second-order valence-electron chi connectivity index (χ2n) is 7.19. The van der Waals surface area contributed by atoms with Crippen molar-refractivity contribution >= 4 is 5.91 Å². The van der Waals surface area contributed by atoms with Gasteiger partial charge in [0.05, 0.1) is 19.2 Å². The van der Waals surface area contributed by atoms with Crippen molar-refractivity contribution in [2.24, 2.45) is 5.41 Å². The van der Waals surface area contributed by atoms with Crippen molar-refractivity contribution in [1.29, 1.82) is 5.26 Å². The van der Waals surface area contributed by atoms with Gasteiger partial charge in [0.25, 0.3) is 5.89 Å². The van der Waals surface area contributed by atoms with E-state index < -0.39 is 11.5 Å². The summed E-state index contributed by atoms with van der Waals surface area (Å²) in [6, 6.07) is 11.8. The second-order valence-corrected chi connectivity index (χ2v) is 7.19. The molecular formula is C20H22N4O3. The molecule has 2 aliphatic rings. The first-order chi connectivity index (χ1) is 13.2. The third kappa shape index (κ3) is 3.45. The molecule has 0 bridgehead atoms. The molecule has 1 saturated carbocycles. The van der Waals surface area contributed by atoms with Crippen molar-refractivity contribution in [1.82, 2.24) is 15.0 Å². The number of amides is 1. The Morgan fingerprint density at radius 2 is 2.00 bits per heavy atom. The molecule has 1 saturated heterocycles. The minimum absolute atomic E-state index is 0.0789. The molecule has 1 atom stereocenters. The third-order valence-corrected chi connectivity index (χ3v) is 5.43. The van der Waals surface area contributed by atoms with Crippen molar-refractivity contribution in [2.45, 2.75) is 38.2 Å². The Kier molecular flexibility index (Phi) is 4.90. The number of ether oxygens (including phenoxy) is 1. The van der Waals surface area contributed by atoms with Gasteiger partial charge in [-0.15, -0.1) is 0 Å². The first-order valence-electron chi connectivity index (χ1n) is 9.43. The summed E-state index contributed by atoms with van der Waals surface area (Å²) < 4.78 is 11.1. The number of nitriles is 1. The summed E-state index contributed by atoms with van der Waals surface area (Å²) in [5.74, 6) is 0.782. The number of aromatic nitrogens is 2. The van der Waals surface area contributed by atoms with Crippen LogP contribution in [0.2, 0.25) is 0 Å². The molecule has 0 N–H and O–H groups in total. The standard InChI is InChI=1S/C20H22N4O3/c21-14-20(9-5-2-6-10-20)19(25)24-11-12-26-16(13-24)17-22-18(27-23-17)15-7-3-1-4-8-15/h1,3-4,7-8,16H,2,5-6,9-13H2. The van der Waals surface area contributed by atoms with E-state index in [4.69, 9.17) is 9.26 Å². The van der Waals surface area contributed by atoms with Crippen LogP contribution in [0.4, 0.5) is 0 Å². The number of nitrogens with zero attached hydrogens (tertiary/aromatic N) is 4. The summed E-state index contributed by atoms with van der Waals surface area (Å²) >= 11 is 0. The number of morpholine rings is 1. The lowest BCUT2D eigenvalue weighted by molar-refractivity contribution is -0.148. The molecular weight excluding hydrogens is 344 g/mol. The highest BCUT2D eigenvalue weighted by Crippen LogP contribution is 2.38. The highest BCUT2D eigenvalue weighted by molar-refractivity contribution is 5.85.